The van der Waals surface area contributed by atoms with Crippen LogP contribution >= 0.6 is 15.6 Å². The number of aliphatic hydroxyl groups is 1. The Morgan fingerprint density at radius 1 is 0.302 bits per heavy atom. The Labute approximate surface area is 582 Å². The first-order valence-corrected chi connectivity index (χ1v) is 40.5. The van der Waals surface area contributed by atoms with Crippen LogP contribution in [0.15, 0.2) is 97.2 Å². The molecule has 0 amide bonds. The lowest BCUT2D eigenvalue weighted by atomic mass is 10.1. The Morgan fingerprint density at radius 2 is 0.552 bits per heavy atom. The maximum Gasteiger partial charge on any atom is 0.472 e. The van der Waals surface area contributed by atoms with Crippen molar-refractivity contribution in [1.82, 2.24) is 0 Å². The summed E-state index contributed by atoms with van der Waals surface area (Å²) in [5.74, 6) is -2.23. The summed E-state index contributed by atoms with van der Waals surface area (Å²) >= 11 is 0. The van der Waals surface area contributed by atoms with Gasteiger partial charge in [0.15, 0.2) is 12.2 Å². The van der Waals surface area contributed by atoms with Crippen LogP contribution in [0.5, 0.6) is 0 Å². The number of hydrogen-bond acceptors (Lipinski definition) is 15. The van der Waals surface area contributed by atoms with Gasteiger partial charge in [-0.25, -0.2) is 9.13 Å². The van der Waals surface area contributed by atoms with E-state index in [0.717, 1.165) is 161 Å². The molecule has 0 saturated carbocycles. The van der Waals surface area contributed by atoms with Gasteiger partial charge in [0, 0.05) is 25.7 Å². The third-order valence-electron chi connectivity index (χ3n) is 15.5. The van der Waals surface area contributed by atoms with Gasteiger partial charge in [-0.1, -0.05) is 260 Å². The number of phosphoric ester groups is 2. The summed E-state index contributed by atoms with van der Waals surface area (Å²) in [7, 11) is -9.95. The predicted molar refractivity (Wildman–Crippen MR) is 390 cm³/mol. The molecule has 19 heteroatoms. The van der Waals surface area contributed by atoms with Gasteiger partial charge in [0.05, 0.1) is 26.4 Å². The van der Waals surface area contributed by atoms with Crippen molar-refractivity contribution in [3.8, 4) is 0 Å². The molecule has 0 bridgehead atoms. The summed E-state index contributed by atoms with van der Waals surface area (Å²) < 4.78 is 68.3. The zero-order valence-electron chi connectivity index (χ0n) is 60.3. The molecule has 0 aliphatic carbocycles. The number of esters is 4. The molecule has 5 atom stereocenters. The topological polar surface area (TPSA) is 237 Å². The summed E-state index contributed by atoms with van der Waals surface area (Å²) in [5.41, 5.74) is 0. The number of unbranched alkanes of at least 4 members (excludes halogenated alkanes) is 28. The van der Waals surface area contributed by atoms with E-state index in [0.29, 0.717) is 25.7 Å². The third-order valence-corrected chi connectivity index (χ3v) is 17.4. The predicted octanol–water partition coefficient (Wildman–Crippen LogP) is 21.2. The van der Waals surface area contributed by atoms with Gasteiger partial charge in [0.25, 0.3) is 0 Å². The van der Waals surface area contributed by atoms with Gasteiger partial charge >= 0.3 is 39.5 Å². The van der Waals surface area contributed by atoms with E-state index in [1.54, 1.807) is 0 Å². The van der Waals surface area contributed by atoms with Crippen LogP contribution in [0.25, 0.3) is 0 Å². The molecule has 0 spiro atoms. The van der Waals surface area contributed by atoms with E-state index in [4.69, 9.17) is 37.0 Å². The zero-order chi connectivity index (χ0) is 70.4. The van der Waals surface area contributed by atoms with Crippen molar-refractivity contribution < 1.29 is 80.2 Å². The molecule has 96 heavy (non-hydrogen) atoms. The highest BCUT2D eigenvalue weighted by atomic mass is 31.2. The summed E-state index contributed by atoms with van der Waals surface area (Å²) in [6.45, 7) is 4.63. The monoisotopic (exact) mass is 1390 g/mol. The maximum absolute atomic E-state index is 13.1. The summed E-state index contributed by atoms with van der Waals surface area (Å²) in [4.78, 5) is 72.7. The number of allylic oxidation sites excluding steroid dienone is 16. The fourth-order valence-electron chi connectivity index (χ4n) is 9.79. The van der Waals surface area contributed by atoms with Crippen molar-refractivity contribution in [2.24, 2.45) is 0 Å². The van der Waals surface area contributed by atoms with E-state index >= 15 is 0 Å². The molecule has 0 rings (SSSR count). The lowest BCUT2D eigenvalue weighted by Crippen LogP contribution is -2.30. The van der Waals surface area contributed by atoms with Crippen LogP contribution in [0, 0.1) is 0 Å². The molecular formula is C77H134O17P2. The molecule has 0 radical (unpaired) electrons. The number of carbonyl (C=O) groups is 4. The van der Waals surface area contributed by atoms with Crippen LogP contribution < -0.4 is 0 Å². The van der Waals surface area contributed by atoms with E-state index in [1.807, 2.05) is 0 Å². The number of carbonyl (C=O) groups excluding carboxylic acids is 4. The number of aliphatic hydroxyl groups excluding tert-OH is 1. The normalized spacial score (nSPS) is 14.5. The van der Waals surface area contributed by atoms with Crippen molar-refractivity contribution >= 4 is 39.5 Å². The van der Waals surface area contributed by atoms with Gasteiger partial charge in [-0.05, 0) is 122 Å². The molecule has 5 unspecified atom stereocenters. The fraction of sp³-hybridized carbons (Fsp3) is 0.740. The minimum atomic E-state index is -4.98. The SMILES string of the molecule is CC/C=C\C/C=C\C/C=C\C/C=C\C/C=C\CCCCCC(=O)OCC(COP(=O)(O)OCC(O)COP(=O)(O)OCC(COC(=O)CCCCCCC/C=C\CCCC)OC(=O)CCCCCCCCCCCCC)OC(=O)CCCCCCC/C=C\C/C=C\CCCCC. The quantitative estimate of drug-likeness (QED) is 0.0169. The highest BCUT2D eigenvalue weighted by Crippen LogP contribution is 2.45. The van der Waals surface area contributed by atoms with Crippen LogP contribution in [0.4, 0.5) is 0 Å². The number of phosphoric acid groups is 2. The van der Waals surface area contributed by atoms with Crippen molar-refractivity contribution in [2.45, 2.75) is 329 Å². The lowest BCUT2D eigenvalue weighted by molar-refractivity contribution is -0.161. The van der Waals surface area contributed by atoms with E-state index < -0.39 is 97.5 Å². The molecule has 17 nitrogen and oxygen atoms in total. The van der Waals surface area contributed by atoms with Crippen molar-refractivity contribution in [2.75, 3.05) is 39.6 Å². The molecule has 0 aromatic carbocycles. The Bertz CT molecular complexity index is 2200. The van der Waals surface area contributed by atoms with Crippen molar-refractivity contribution in [3.05, 3.63) is 97.2 Å². The Balaban J connectivity index is 5.35. The molecule has 0 fully saturated rings. The largest absolute Gasteiger partial charge is 0.472 e. The lowest BCUT2D eigenvalue weighted by Gasteiger charge is -2.21. The van der Waals surface area contributed by atoms with Gasteiger partial charge in [-0.3, -0.25) is 37.3 Å². The van der Waals surface area contributed by atoms with E-state index in [-0.39, 0.29) is 25.7 Å². The average molecular weight is 1390 g/mol. The fourth-order valence-corrected chi connectivity index (χ4v) is 11.4. The molecular weight excluding hydrogens is 1260 g/mol. The maximum atomic E-state index is 13.1. The smallest absolute Gasteiger partial charge is 0.462 e. The van der Waals surface area contributed by atoms with E-state index in [1.165, 1.54) is 70.6 Å². The molecule has 3 N–H and O–H groups in total. The second-order valence-corrected chi connectivity index (χ2v) is 27.8. The zero-order valence-corrected chi connectivity index (χ0v) is 62.1. The van der Waals surface area contributed by atoms with Crippen molar-refractivity contribution in [1.29, 1.82) is 0 Å². The second kappa shape index (κ2) is 69.5. The molecule has 0 heterocycles. The molecule has 0 aliphatic rings. The third kappa shape index (κ3) is 68.5. The van der Waals surface area contributed by atoms with Gasteiger partial charge < -0.3 is 33.8 Å². The highest BCUT2D eigenvalue weighted by Gasteiger charge is 2.30. The highest BCUT2D eigenvalue weighted by molar-refractivity contribution is 7.47. The number of ether oxygens (including phenoxy) is 4. The molecule has 0 saturated heterocycles. The standard InChI is InChI=1S/C77H134O17P2/c1-5-9-13-17-21-25-29-31-33-34-35-36-38-39-43-46-50-54-58-62-75(80)88-68-73(94-77(82)64-60-56-52-48-44-40-37-32-30-26-22-18-14-10-6-2)70-92-96(85,86)90-66-71(78)65-89-95(83,84)91-69-72(93-76(81)63-59-55-51-47-42-28-24-20-16-12-8-4)67-87-74(79)61-57-53-49-45-41-27-23-19-15-11-7-3/h9,13,19,21-23,25-26,31-33,35-37,39,43,71-73,78H,5-8,10-12,14-18,20,24,27-30,34,38,40-42,44-70H2,1-4H3,(H,83,84)(H,85,86)/b13-9-,23-19-,25-21-,26-22-,33-31-,36-35-,37-32-,43-39-. The summed E-state index contributed by atoms with van der Waals surface area (Å²) in [5, 5.41) is 10.6. The van der Waals surface area contributed by atoms with E-state index in [2.05, 4.69) is 125 Å². The molecule has 0 aliphatic heterocycles. The number of hydrogen-bond donors (Lipinski definition) is 3. The average Bonchev–Trinajstić information content (AvgIpc) is 1.41. The molecule has 554 valence electrons. The summed E-state index contributed by atoms with van der Waals surface area (Å²) in [6.07, 6.45) is 71.2. The van der Waals surface area contributed by atoms with Crippen LogP contribution in [0.3, 0.4) is 0 Å². The Morgan fingerprint density at radius 3 is 0.906 bits per heavy atom. The molecule has 0 aromatic heterocycles. The van der Waals surface area contributed by atoms with E-state index in [9.17, 15) is 43.2 Å². The van der Waals surface area contributed by atoms with Crippen LogP contribution in [-0.4, -0.2) is 96.7 Å². The second-order valence-electron chi connectivity index (χ2n) is 24.9. The summed E-state index contributed by atoms with van der Waals surface area (Å²) in [6, 6.07) is 0. The van der Waals surface area contributed by atoms with Gasteiger partial charge in [0.1, 0.15) is 19.3 Å². The van der Waals surface area contributed by atoms with Gasteiger partial charge in [0.2, 0.25) is 0 Å². The minimum absolute atomic E-state index is 0.0711. The van der Waals surface area contributed by atoms with Crippen LogP contribution in [0.1, 0.15) is 310 Å². The first-order valence-electron chi connectivity index (χ1n) is 37.5. The Hall–Kier alpha value is -4.02. The van der Waals surface area contributed by atoms with Crippen LogP contribution in [0.2, 0.25) is 0 Å². The minimum Gasteiger partial charge on any atom is -0.462 e. The molecule has 0 aromatic rings. The first kappa shape index (κ1) is 92.0. The van der Waals surface area contributed by atoms with Crippen LogP contribution in [-0.2, 0) is 65.4 Å². The van der Waals surface area contributed by atoms with Crippen molar-refractivity contribution in [3.63, 3.8) is 0 Å². The van der Waals surface area contributed by atoms with Gasteiger partial charge in [-0.15, -0.1) is 0 Å². The number of rotatable bonds is 70. The Kier molecular flexibility index (Phi) is 66.6. The first-order chi connectivity index (χ1) is 46.7. The van der Waals surface area contributed by atoms with Gasteiger partial charge in [-0.2, -0.15) is 0 Å².